The summed E-state index contributed by atoms with van der Waals surface area (Å²) in [7, 11) is 0. The molecule has 0 radical (unpaired) electrons. The van der Waals surface area contributed by atoms with Gasteiger partial charge in [0.05, 0.1) is 22.1 Å². The third-order valence-electron chi connectivity index (χ3n) is 10.5. The molecule has 55 heavy (non-hydrogen) atoms. The van der Waals surface area contributed by atoms with Crippen LogP contribution in [0.5, 0.6) is 0 Å². The van der Waals surface area contributed by atoms with Crippen molar-refractivity contribution in [2.24, 2.45) is 0 Å². The van der Waals surface area contributed by atoms with Crippen LogP contribution in [0.25, 0.3) is 100 Å². The molecule has 0 fully saturated rings. The second-order valence-electron chi connectivity index (χ2n) is 13.8. The Hall–Kier alpha value is -7.15. The van der Waals surface area contributed by atoms with Gasteiger partial charge in [-0.25, -0.2) is 15.0 Å². The molecule has 11 rings (SSSR count). The molecule has 0 aliphatic carbocycles. The highest BCUT2D eigenvalue weighted by molar-refractivity contribution is 7.09. The van der Waals surface area contributed by atoms with Gasteiger partial charge < -0.3 is 9.13 Å². The van der Waals surface area contributed by atoms with Crippen LogP contribution in [0, 0.1) is 0 Å². The van der Waals surface area contributed by atoms with E-state index in [0.717, 1.165) is 33.5 Å². The number of benzene rings is 7. The highest BCUT2D eigenvalue weighted by Crippen LogP contribution is 2.41. The lowest BCUT2D eigenvalue weighted by Crippen LogP contribution is -2.00. The van der Waals surface area contributed by atoms with E-state index in [1.807, 2.05) is 60.7 Å². The summed E-state index contributed by atoms with van der Waals surface area (Å²) in [5, 5.41) is 9.53. The Balaban J connectivity index is 1.06. The maximum Gasteiger partial charge on any atom is 0.164 e. The van der Waals surface area contributed by atoms with Gasteiger partial charge in [-0.1, -0.05) is 127 Å². The Bertz CT molecular complexity index is 3140. The van der Waals surface area contributed by atoms with Crippen molar-refractivity contribution in [3.63, 3.8) is 0 Å². The molecule has 7 aromatic carbocycles. The van der Waals surface area contributed by atoms with Gasteiger partial charge in [-0.15, -0.1) is 11.3 Å². The summed E-state index contributed by atoms with van der Waals surface area (Å²) in [6.07, 6.45) is 0. The first-order valence-corrected chi connectivity index (χ1v) is 19.3. The molecule has 0 atom stereocenters. The van der Waals surface area contributed by atoms with Crippen LogP contribution in [-0.4, -0.2) is 24.1 Å². The Morgan fingerprint density at radius 1 is 0.309 bits per heavy atom. The van der Waals surface area contributed by atoms with E-state index in [9.17, 15) is 0 Å². The van der Waals surface area contributed by atoms with Gasteiger partial charge in [-0.3, -0.25) is 0 Å². The predicted octanol–water partition coefficient (Wildman–Crippen LogP) is 12.8. The molecule has 0 aliphatic heterocycles. The zero-order chi connectivity index (χ0) is 36.3. The quantitative estimate of drug-likeness (QED) is 0.172. The van der Waals surface area contributed by atoms with Gasteiger partial charge in [-0.05, 0) is 59.7 Å². The van der Waals surface area contributed by atoms with Crippen LogP contribution in [0.1, 0.15) is 0 Å². The van der Waals surface area contributed by atoms with Crippen molar-refractivity contribution in [1.82, 2.24) is 24.1 Å². The number of nitrogens with zero attached hydrogens (tertiary/aromatic N) is 5. The molecular weight excluding hydrogens is 691 g/mol. The maximum absolute atomic E-state index is 5.00. The van der Waals surface area contributed by atoms with Gasteiger partial charge in [0.2, 0.25) is 0 Å². The fourth-order valence-corrected chi connectivity index (χ4v) is 8.75. The zero-order valence-corrected chi connectivity index (χ0v) is 30.4. The van der Waals surface area contributed by atoms with E-state index in [2.05, 4.69) is 135 Å². The third-order valence-corrected chi connectivity index (χ3v) is 11.2. The average Bonchev–Trinajstić information content (AvgIpc) is 3.95. The Morgan fingerprint density at radius 3 is 1.49 bits per heavy atom. The van der Waals surface area contributed by atoms with E-state index in [1.165, 1.54) is 49.3 Å². The lowest BCUT2D eigenvalue weighted by atomic mass is 10.0. The summed E-state index contributed by atoms with van der Waals surface area (Å²) >= 11 is 1.75. The van der Waals surface area contributed by atoms with E-state index in [4.69, 9.17) is 15.0 Å². The molecule has 4 aromatic heterocycles. The van der Waals surface area contributed by atoms with Gasteiger partial charge in [0, 0.05) is 60.4 Å². The smallest absolute Gasteiger partial charge is 0.164 e. The van der Waals surface area contributed by atoms with Crippen LogP contribution in [0.3, 0.4) is 0 Å². The fraction of sp³-hybridized carbons (Fsp3) is 0. The van der Waals surface area contributed by atoms with Crippen LogP contribution in [0.15, 0.2) is 187 Å². The second-order valence-corrected chi connectivity index (χ2v) is 14.5. The molecule has 5 nitrogen and oxygen atoms in total. The molecule has 0 aliphatic rings. The van der Waals surface area contributed by atoms with Gasteiger partial charge >= 0.3 is 0 Å². The van der Waals surface area contributed by atoms with Crippen LogP contribution in [0.2, 0.25) is 0 Å². The number of hydrogen-bond donors (Lipinski definition) is 0. The number of para-hydroxylation sites is 2. The van der Waals surface area contributed by atoms with Gasteiger partial charge in [0.1, 0.15) is 0 Å². The van der Waals surface area contributed by atoms with Gasteiger partial charge in [0.25, 0.3) is 0 Å². The van der Waals surface area contributed by atoms with E-state index < -0.39 is 0 Å². The van der Waals surface area contributed by atoms with Gasteiger partial charge in [-0.2, -0.15) is 0 Å². The van der Waals surface area contributed by atoms with E-state index >= 15 is 0 Å². The summed E-state index contributed by atoms with van der Waals surface area (Å²) in [5.74, 6) is 1.94. The second kappa shape index (κ2) is 12.8. The minimum absolute atomic E-state index is 0.638. The third kappa shape index (κ3) is 5.26. The average molecular weight is 722 g/mol. The SMILES string of the molecule is c1ccc(-c2nc(-c3ccccc3)nc(-c3cccc(-c4cccc(-n5c6ccccc6c6cc7c(cc65)c5cscc5n7-c5ccccc5)c4)c3)n2)cc1. The highest BCUT2D eigenvalue weighted by atomic mass is 32.1. The van der Waals surface area contributed by atoms with Crippen molar-refractivity contribution < 1.29 is 0 Å². The molecule has 0 saturated carbocycles. The molecule has 0 unspecified atom stereocenters. The first-order valence-electron chi connectivity index (χ1n) is 18.3. The fourth-order valence-electron chi connectivity index (χ4n) is 7.93. The van der Waals surface area contributed by atoms with Crippen LogP contribution in [-0.2, 0) is 0 Å². The number of hydrogen-bond acceptors (Lipinski definition) is 4. The van der Waals surface area contributed by atoms with E-state index in [1.54, 1.807) is 11.3 Å². The van der Waals surface area contributed by atoms with Crippen molar-refractivity contribution in [3.05, 3.63) is 187 Å². The van der Waals surface area contributed by atoms with Crippen molar-refractivity contribution in [1.29, 1.82) is 0 Å². The number of aromatic nitrogens is 5. The molecule has 11 aromatic rings. The molecule has 0 spiro atoms. The summed E-state index contributed by atoms with van der Waals surface area (Å²) in [6, 6.07) is 61.8. The first-order chi connectivity index (χ1) is 27.3. The Labute approximate surface area is 321 Å². The Kier molecular flexibility index (Phi) is 7.28. The first kappa shape index (κ1) is 31.4. The number of fused-ring (bicyclic) bond motifs is 6. The minimum Gasteiger partial charge on any atom is -0.309 e. The molecular formula is C49H31N5S. The molecule has 0 amide bonds. The van der Waals surface area contributed by atoms with E-state index in [-0.39, 0.29) is 0 Å². The Morgan fingerprint density at radius 2 is 0.800 bits per heavy atom. The van der Waals surface area contributed by atoms with Crippen LogP contribution < -0.4 is 0 Å². The van der Waals surface area contributed by atoms with Crippen molar-refractivity contribution in [2.45, 2.75) is 0 Å². The van der Waals surface area contributed by atoms with Crippen molar-refractivity contribution in [2.75, 3.05) is 0 Å². The van der Waals surface area contributed by atoms with Crippen LogP contribution in [0.4, 0.5) is 0 Å². The molecule has 0 saturated heterocycles. The molecule has 0 bridgehead atoms. The largest absolute Gasteiger partial charge is 0.309 e. The van der Waals surface area contributed by atoms with Crippen LogP contribution >= 0.6 is 11.3 Å². The zero-order valence-electron chi connectivity index (χ0n) is 29.5. The molecule has 6 heteroatoms. The number of rotatable bonds is 6. The normalized spacial score (nSPS) is 11.6. The summed E-state index contributed by atoms with van der Waals surface area (Å²) in [4.78, 5) is 14.9. The van der Waals surface area contributed by atoms with E-state index in [0.29, 0.717) is 17.5 Å². The maximum atomic E-state index is 5.00. The molecule has 0 N–H and O–H groups in total. The topological polar surface area (TPSA) is 48.5 Å². The monoisotopic (exact) mass is 721 g/mol. The van der Waals surface area contributed by atoms with Gasteiger partial charge in [0.15, 0.2) is 17.5 Å². The predicted molar refractivity (Wildman–Crippen MR) is 228 cm³/mol. The molecule has 258 valence electrons. The summed E-state index contributed by atoms with van der Waals surface area (Å²) < 4.78 is 4.82. The summed E-state index contributed by atoms with van der Waals surface area (Å²) in [5.41, 5.74) is 12.1. The highest BCUT2D eigenvalue weighted by Gasteiger charge is 2.19. The lowest BCUT2D eigenvalue weighted by Gasteiger charge is -2.12. The minimum atomic E-state index is 0.638. The van der Waals surface area contributed by atoms with Crippen molar-refractivity contribution >= 4 is 54.9 Å². The van der Waals surface area contributed by atoms with Crippen molar-refractivity contribution in [3.8, 4) is 56.7 Å². The molecule has 4 heterocycles. The summed E-state index contributed by atoms with van der Waals surface area (Å²) in [6.45, 7) is 0. The standard InChI is InChI=1S/C49H31N5S/c1-4-14-32(15-5-1)47-50-48(33-16-6-2-7-17-33)52-49(51-47)36-20-12-18-34(26-36)35-19-13-23-38(27-35)54-43-25-11-10-24-39(43)40-28-45-41(29-44(40)54)42-30-55-31-46(42)53(45)37-21-8-3-9-22-37/h1-31H. The number of thiophene rings is 1. The lowest BCUT2D eigenvalue weighted by molar-refractivity contribution is 1.07.